The molecular weight excluding hydrogens is 268 g/mol. The van der Waals surface area contributed by atoms with E-state index in [0.29, 0.717) is 17.3 Å². The molecule has 1 saturated carbocycles. The molecule has 1 heterocycles. The molecule has 0 radical (unpaired) electrons. The minimum absolute atomic E-state index is 0.0893. The number of aromatic nitrogens is 1. The number of benzene rings is 1. The van der Waals surface area contributed by atoms with Crippen molar-refractivity contribution in [3.8, 4) is 0 Å². The summed E-state index contributed by atoms with van der Waals surface area (Å²) in [5, 5.41) is 13.2. The van der Waals surface area contributed by atoms with Gasteiger partial charge in [-0.05, 0) is 25.0 Å². The van der Waals surface area contributed by atoms with E-state index >= 15 is 0 Å². The predicted octanol–water partition coefficient (Wildman–Crippen LogP) is 1.56. The number of aromatic amines is 1. The highest BCUT2D eigenvalue weighted by Crippen LogP contribution is 2.18. The van der Waals surface area contributed by atoms with Crippen molar-refractivity contribution >= 4 is 16.8 Å². The van der Waals surface area contributed by atoms with Crippen molar-refractivity contribution in [1.82, 2.24) is 10.3 Å². The molecule has 5 nitrogen and oxygen atoms in total. The lowest BCUT2D eigenvalue weighted by Crippen LogP contribution is -2.46. The Morgan fingerprint density at radius 1 is 1.24 bits per heavy atom. The van der Waals surface area contributed by atoms with Crippen LogP contribution in [-0.4, -0.2) is 28.1 Å². The number of hydrogen-bond donors (Lipinski definition) is 3. The quantitative estimate of drug-likeness (QED) is 0.783. The van der Waals surface area contributed by atoms with Gasteiger partial charge >= 0.3 is 0 Å². The summed E-state index contributed by atoms with van der Waals surface area (Å²) in [5.41, 5.74) is 0.510. The van der Waals surface area contributed by atoms with Gasteiger partial charge in [-0.2, -0.15) is 0 Å². The van der Waals surface area contributed by atoms with Crippen LogP contribution in [0, 0.1) is 0 Å². The van der Waals surface area contributed by atoms with Gasteiger partial charge in [0.2, 0.25) is 5.43 Å². The lowest BCUT2D eigenvalue weighted by Gasteiger charge is -2.28. The fourth-order valence-electron chi connectivity index (χ4n) is 2.86. The van der Waals surface area contributed by atoms with Crippen LogP contribution in [0.15, 0.2) is 35.3 Å². The second-order valence-electron chi connectivity index (χ2n) is 5.51. The zero-order chi connectivity index (χ0) is 14.8. The Balaban J connectivity index is 1.88. The average Bonchev–Trinajstić information content (AvgIpc) is 2.50. The van der Waals surface area contributed by atoms with Crippen LogP contribution in [0.1, 0.15) is 36.0 Å². The van der Waals surface area contributed by atoms with Gasteiger partial charge in [0.05, 0.1) is 12.1 Å². The van der Waals surface area contributed by atoms with Crippen molar-refractivity contribution in [2.45, 2.75) is 37.8 Å². The molecule has 2 aromatic rings. The van der Waals surface area contributed by atoms with E-state index in [0.717, 1.165) is 19.3 Å². The molecule has 110 valence electrons. The minimum atomic E-state index is -0.526. The van der Waals surface area contributed by atoms with E-state index in [1.54, 1.807) is 18.2 Å². The summed E-state index contributed by atoms with van der Waals surface area (Å²) in [7, 11) is 0. The van der Waals surface area contributed by atoms with Crippen LogP contribution in [0.2, 0.25) is 0 Å². The number of amides is 1. The third-order valence-electron chi connectivity index (χ3n) is 4.08. The standard InChI is InChI=1S/C16H18N2O3/c19-14-8-4-3-7-13(14)18-16(21)11-9-17-12-6-2-1-5-10(12)15(11)20/h1-2,5-6,9,13-14,19H,3-4,7-8H2,(H,17,20)(H,18,21). The zero-order valence-corrected chi connectivity index (χ0v) is 11.6. The molecule has 1 aliphatic carbocycles. The lowest BCUT2D eigenvalue weighted by atomic mass is 9.92. The van der Waals surface area contributed by atoms with Gasteiger partial charge in [0.1, 0.15) is 5.56 Å². The largest absolute Gasteiger partial charge is 0.391 e. The first kappa shape index (κ1) is 13.8. The first-order chi connectivity index (χ1) is 10.2. The van der Waals surface area contributed by atoms with Gasteiger partial charge in [0.15, 0.2) is 0 Å². The summed E-state index contributed by atoms with van der Waals surface area (Å²) in [6.45, 7) is 0. The lowest BCUT2D eigenvalue weighted by molar-refractivity contribution is 0.0716. The van der Waals surface area contributed by atoms with Crippen molar-refractivity contribution in [2.75, 3.05) is 0 Å². The van der Waals surface area contributed by atoms with E-state index in [4.69, 9.17) is 0 Å². The maximum atomic E-state index is 12.3. The van der Waals surface area contributed by atoms with Crippen LogP contribution >= 0.6 is 0 Å². The number of para-hydroxylation sites is 1. The fourth-order valence-corrected chi connectivity index (χ4v) is 2.86. The second-order valence-corrected chi connectivity index (χ2v) is 5.51. The number of H-pyrrole nitrogens is 1. The molecule has 0 saturated heterocycles. The molecule has 1 aromatic heterocycles. The first-order valence-electron chi connectivity index (χ1n) is 7.26. The SMILES string of the molecule is O=C(NC1CCCCC1O)c1c[nH]c2ccccc2c1=O. The van der Waals surface area contributed by atoms with E-state index in [9.17, 15) is 14.7 Å². The topological polar surface area (TPSA) is 82.2 Å². The molecule has 3 rings (SSSR count). The summed E-state index contributed by atoms with van der Waals surface area (Å²) < 4.78 is 0. The summed E-state index contributed by atoms with van der Waals surface area (Å²) in [6.07, 6.45) is 4.31. The third kappa shape index (κ3) is 2.69. The van der Waals surface area contributed by atoms with Crippen LogP contribution in [0.4, 0.5) is 0 Å². The third-order valence-corrected chi connectivity index (χ3v) is 4.08. The smallest absolute Gasteiger partial charge is 0.257 e. The summed E-state index contributed by atoms with van der Waals surface area (Å²) in [6, 6.07) is 6.82. The van der Waals surface area contributed by atoms with Crippen LogP contribution in [0.25, 0.3) is 10.9 Å². The number of fused-ring (bicyclic) bond motifs is 1. The Kier molecular flexibility index (Phi) is 3.75. The van der Waals surface area contributed by atoms with Gasteiger partial charge < -0.3 is 15.4 Å². The molecule has 1 amide bonds. The Morgan fingerprint density at radius 2 is 2.00 bits per heavy atom. The van der Waals surface area contributed by atoms with Crippen molar-refractivity contribution in [3.05, 3.63) is 46.2 Å². The highest BCUT2D eigenvalue weighted by atomic mass is 16.3. The molecular formula is C16H18N2O3. The number of aliphatic hydroxyl groups is 1. The number of rotatable bonds is 2. The van der Waals surface area contributed by atoms with Gasteiger partial charge in [-0.25, -0.2) is 0 Å². The van der Waals surface area contributed by atoms with E-state index in [1.807, 2.05) is 6.07 Å². The van der Waals surface area contributed by atoms with Crippen LogP contribution in [0.5, 0.6) is 0 Å². The number of carbonyl (C=O) groups is 1. The summed E-state index contributed by atoms with van der Waals surface area (Å²) >= 11 is 0. The predicted molar refractivity (Wildman–Crippen MR) is 80.3 cm³/mol. The van der Waals surface area contributed by atoms with Crippen molar-refractivity contribution < 1.29 is 9.90 Å². The molecule has 1 fully saturated rings. The van der Waals surface area contributed by atoms with Crippen LogP contribution in [0.3, 0.4) is 0 Å². The van der Waals surface area contributed by atoms with Gasteiger partial charge in [0.25, 0.3) is 5.91 Å². The molecule has 21 heavy (non-hydrogen) atoms. The number of pyridine rings is 1. The van der Waals surface area contributed by atoms with Gasteiger partial charge in [-0.1, -0.05) is 25.0 Å². The maximum absolute atomic E-state index is 12.3. The Morgan fingerprint density at radius 3 is 2.81 bits per heavy atom. The van der Waals surface area contributed by atoms with Gasteiger partial charge in [0, 0.05) is 17.1 Å². The van der Waals surface area contributed by atoms with Crippen LogP contribution < -0.4 is 10.7 Å². The normalized spacial score (nSPS) is 22.1. The highest BCUT2D eigenvalue weighted by molar-refractivity contribution is 5.97. The number of nitrogens with one attached hydrogen (secondary N) is 2. The summed E-state index contributed by atoms with van der Waals surface area (Å²) in [5.74, 6) is -0.423. The van der Waals surface area contributed by atoms with E-state index in [1.165, 1.54) is 6.20 Å². The van der Waals surface area contributed by atoms with E-state index in [2.05, 4.69) is 10.3 Å². The van der Waals surface area contributed by atoms with Crippen molar-refractivity contribution in [3.63, 3.8) is 0 Å². The number of carbonyl (C=O) groups excluding carboxylic acids is 1. The molecule has 0 aliphatic heterocycles. The molecule has 1 aliphatic rings. The molecule has 0 bridgehead atoms. The number of aliphatic hydroxyl groups excluding tert-OH is 1. The summed E-state index contributed by atoms with van der Waals surface area (Å²) in [4.78, 5) is 27.6. The van der Waals surface area contributed by atoms with Crippen LogP contribution in [-0.2, 0) is 0 Å². The monoisotopic (exact) mass is 286 g/mol. The maximum Gasteiger partial charge on any atom is 0.257 e. The average molecular weight is 286 g/mol. The fraction of sp³-hybridized carbons (Fsp3) is 0.375. The number of hydrogen-bond acceptors (Lipinski definition) is 3. The molecule has 1 aromatic carbocycles. The Hall–Kier alpha value is -2.14. The van der Waals surface area contributed by atoms with Crippen molar-refractivity contribution in [1.29, 1.82) is 0 Å². The minimum Gasteiger partial charge on any atom is -0.391 e. The molecule has 0 spiro atoms. The van der Waals surface area contributed by atoms with E-state index < -0.39 is 12.0 Å². The molecule has 5 heteroatoms. The second kappa shape index (κ2) is 5.69. The van der Waals surface area contributed by atoms with E-state index in [-0.39, 0.29) is 17.0 Å². The zero-order valence-electron chi connectivity index (χ0n) is 11.6. The Bertz CT molecular complexity index is 723. The molecule has 2 atom stereocenters. The molecule has 3 N–H and O–H groups in total. The Labute approximate surface area is 122 Å². The van der Waals surface area contributed by atoms with Gasteiger partial charge in [-0.3, -0.25) is 9.59 Å². The van der Waals surface area contributed by atoms with Crippen molar-refractivity contribution in [2.24, 2.45) is 0 Å². The highest BCUT2D eigenvalue weighted by Gasteiger charge is 2.25. The molecule has 2 unspecified atom stereocenters. The first-order valence-corrected chi connectivity index (χ1v) is 7.26. The van der Waals surface area contributed by atoms with Gasteiger partial charge in [-0.15, -0.1) is 0 Å².